The van der Waals surface area contributed by atoms with Crippen molar-refractivity contribution in [1.29, 1.82) is 0 Å². The average Bonchev–Trinajstić information content (AvgIpc) is 3.78. The van der Waals surface area contributed by atoms with E-state index in [1.54, 1.807) is 17.0 Å². The van der Waals surface area contributed by atoms with Crippen LogP contribution in [0.5, 0.6) is 0 Å². The molecular weight excluding hydrogens is 665 g/mol. The summed E-state index contributed by atoms with van der Waals surface area (Å²) in [4.78, 5) is 63.1. The third kappa shape index (κ3) is 5.33. The van der Waals surface area contributed by atoms with Crippen molar-refractivity contribution >= 4 is 29.0 Å². The number of allylic oxidation sites excluding steroid dienone is 4. The second-order valence-electron chi connectivity index (χ2n) is 15.3. The van der Waals surface area contributed by atoms with Gasteiger partial charge < -0.3 is 9.52 Å². The molecule has 1 N–H and O–H groups in total. The second-order valence-corrected chi connectivity index (χ2v) is 15.3. The number of fused-ring (bicyclic) bond motifs is 4. The molecule has 2 saturated heterocycles. The van der Waals surface area contributed by atoms with Gasteiger partial charge in [0.15, 0.2) is 11.6 Å². The first-order chi connectivity index (χ1) is 25.9. The van der Waals surface area contributed by atoms with Crippen LogP contribution in [0.1, 0.15) is 59.8 Å². The van der Waals surface area contributed by atoms with E-state index in [-0.39, 0.29) is 42.5 Å². The molecule has 8 nitrogen and oxygen atoms in total. The lowest BCUT2D eigenvalue weighted by atomic mass is 9.45. The third-order valence-electron chi connectivity index (χ3n) is 12.7. The maximum atomic E-state index is 15.1. The lowest BCUT2D eigenvalue weighted by Gasteiger charge is -2.54. The highest BCUT2D eigenvalue weighted by atomic mass is 16.4. The largest absolute Gasteiger partial charge is 0.463 e. The number of furan rings is 1. The molecule has 4 aromatic rings. The van der Waals surface area contributed by atoms with Crippen LogP contribution in [0.15, 0.2) is 125 Å². The molecule has 0 unspecified atom stereocenters. The average molecular weight is 707 g/mol. The number of carbonyl (C=O) groups excluding carboxylic acids is 4. The highest BCUT2D eigenvalue weighted by Gasteiger charge is 2.66. The number of aliphatic hydroxyl groups is 1. The quantitative estimate of drug-likeness (QED) is 0.179. The van der Waals surface area contributed by atoms with Crippen LogP contribution in [-0.4, -0.2) is 57.4 Å². The number of aliphatic hydroxyl groups excluding tert-OH is 1. The molecule has 0 radical (unpaired) electrons. The molecule has 6 atom stereocenters. The predicted molar refractivity (Wildman–Crippen MR) is 198 cm³/mol. The number of benzene rings is 3. The van der Waals surface area contributed by atoms with E-state index in [1.165, 1.54) is 11.6 Å². The van der Waals surface area contributed by atoms with Crippen LogP contribution >= 0.6 is 0 Å². The van der Waals surface area contributed by atoms with E-state index in [0.29, 0.717) is 47.5 Å². The normalized spacial score (nSPS) is 29.0. The van der Waals surface area contributed by atoms with Gasteiger partial charge in [-0.2, -0.15) is 0 Å². The van der Waals surface area contributed by atoms with Crippen molar-refractivity contribution in [1.82, 2.24) is 9.80 Å². The molecule has 3 aromatic carbocycles. The predicted octanol–water partition coefficient (Wildman–Crippen LogP) is 6.26. The Balaban J connectivity index is 1.11. The minimum absolute atomic E-state index is 0.121. The summed E-state index contributed by atoms with van der Waals surface area (Å²) >= 11 is 0. The number of ketones is 2. The molecule has 8 heteroatoms. The Bertz CT molecular complexity index is 2130. The monoisotopic (exact) mass is 706 g/mol. The van der Waals surface area contributed by atoms with E-state index < -0.39 is 35.0 Å². The van der Waals surface area contributed by atoms with Crippen LogP contribution < -0.4 is 0 Å². The summed E-state index contributed by atoms with van der Waals surface area (Å²) < 4.78 is 6.30. The molecule has 3 fully saturated rings. The first kappa shape index (κ1) is 33.6. The van der Waals surface area contributed by atoms with E-state index in [0.717, 1.165) is 25.2 Å². The van der Waals surface area contributed by atoms with Crippen molar-refractivity contribution in [2.45, 2.75) is 56.2 Å². The van der Waals surface area contributed by atoms with Gasteiger partial charge >= 0.3 is 0 Å². The van der Waals surface area contributed by atoms with Crippen LogP contribution in [-0.2, 0) is 37.7 Å². The Kier molecular flexibility index (Phi) is 8.47. The summed E-state index contributed by atoms with van der Waals surface area (Å²) in [6, 6.07) is 32.4. The van der Waals surface area contributed by atoms with Crippen molar-refractivity contribution in [3.8, 4) is 0 Å². The standard InChI is InChI=1S/C45H42N2O6/c48-27-32-16-19-38(53-32)41-33-17-18-34-40(44(52)47(43(34)51)31-20-22-46(23-21-31)26-28-10-4-1-5-11-28)36(33)24-37-42(50)35(29-12-6-2-7-13-29)25-39(49)45(37,41)30-14-8-3-9-15-30/h1-17,19,25,31,34,36-37,40-41,48H,18,20-24,26-27H2/t34-,36+,37-,40-,41+,45-/m0/s1. The van der Waals surface area contributed by atoms with Gasteiger partial charge in [-0.3, -0.25) is 29.0 Å². The molecular formula is C45H42N2O6. The maximum Gasteiger partial charge on any atom is 0.233 e. The lowest BCUT2D eigenvalue weighted by molar-refractivity contribution is -0.144. The Morgan fingerprint density at radius 1 is 0.774 bits per heavy atom. The fourth-order valence-corrected chi connectivity index (χ4v) is 10.4. The second kappa shape index (κ2) is 13.3. The molecule has 2 amide bonds. The van der Waals surface area contributed by atoms with Crippen LogP contribution in [0, 0.1) is 23.7 Å². The fourth-order valence-electron chi connectivity index (χ4n) is 10.4. The van der Waals surface area contributed by atoms with E-state index in [2.05, 4.69) is 23.1 Å². The molecule has 3 aliphatic carbocycles. The third-order valence-corrected chi connectivity index (χ3v) is 12.7. The van der Waals surface area contributed by atoms with Gasteiger partial charge in [-0.05, 0) is 66.5 Å². The summed E-state index contributed by atoms with van der Waals surface area (Å²) in [6.07, 6.45) is 5.62. The van der Waals surface area contributed by atoms with Crippen LogP contribution in [0.2, 0.25) is 0 Å². The number of nitrogens with zero attached hydrogens (tertiary/aromatic N) is 2. The van der Waals surface area contributed by atoms with Crippen molar-refractivity contribution in [3.05, 3.63) is 149 Å². The molecule has 0 bridgehead atoms. The molecule has 3 heterocycles. The van der Waals surface area contributed by atoms with Crippen LogP contribution in [0.3, 0.4) is 0 Å². The van der Waals surface area contributed by atoms with Gasteiger partial charge in [0.25, 0.3) is 0 Å². The maximum absolute atomic E-state index is 15.1. The highest BCUT2D eigenvalue weighted by molar-refractivity contribution is 6.31. The van der Waals surface area contributed by atoms with E-state index >= 15 is 9.59 Å². The molecule has 0 spiro atoms. The van der Waals surface area contributed by atoms with Gasteiger partial charge in [-0.25, -0.2) is 0 Å². The zero-order valence-corrected chi connectivity index (χ0v) is 29.5. The van der Waals surface area contributed by atoms with Gasteiger partial charge in [0.2, 0.25) is 11.8 Å². The Morgan fingerprint density at radius 2 is 1.45 bits per heavy atom. The lowest BCUT2D eigenvalue weighted by Crippen LogP contribution is -2.58. The van der Waals surface area contributed by atoms with Crippen molar-refractivity contribution in [2.24, 2.45) is 23.7 Å². The number of Topliss-reactive ketones (excluding diaryl/α,β-unsaturated/α-hetero) is 1. The number of rotatable bonds is 7. The number of piperidine rings is 1. The number of amides is 2. The SMILES string of the molecule is O=C1C(c2ccccc2)=CC(=O)[C@@]2(c3ccccc3)[C@@H](c3ccc(CO)o3)C3=CC[C@@H]4C(=O)N(C5CCN(Cc6ccccc6)CC5)C(=O)[C@@H]4[C@@H]3C[C@@H]12. The summed E-state index contributed by atoms with van der Waals surface area (Å²) in [7, 11) is 0. The summed E-state index contributed by atoms with van der Waals surface area (Å²) in [5.41, 5.74) is 2.49. The van der Waals surface area contributed by atoms with Gasteiger partial charge in [0.1, 0.15) is 18.1 Å². The number of hydrogen-bond acceptors (Lipinski definition) is 7. The molecule has 53 heavy (non-hydrogen) atoms. The summed E-state index contributed by atoms with van der Waals surface area (Å²) in [6.45, 7) is 2.09. The highest BCUT2D eigenvalue weighted by Crippen LogP contribution is 2.64. The van der Waals surface area contributed by atoms with E-state index in [4.69, 9.17) is 4.42 Å². The molecule has 1 aromatic heterocycles. The van der Waals surface area contributed by atoms with E-state index in [1.807, 2.05) is 78.9 Å². The molecule has 2 aliphatic heterocycles. The number of carbonyl (C=O) groups is 4. The first-order valence-corrected chi connectivity index (χ1v) is 18.8. The van der Waals surface area contributed by atoms with Crippen molar-refractivity contribution < 1.29 is 28.7 Å². The zero-order valence-electron chi connectivity index (χ0n) is 29.5. The van der Waals surface area contributed by atoms with Crippen molar-refractivity contribution in [3.63, 3.8) is 0 Å². The number of likely N-dealkylation sites (tertiary alicyclic amines) is 2. The minimum Gasteiger partial charge on any atom is -0.463 e. The molecule has 1 saturated carbocycles. The fraction of sp³-hybridized carbons (Fsp3) is 0.333. The van der Waals surface area contributed by atoms with E-state index in [9.17, 15) is 14.7 Å². The topological polar surface area (TPSA) is 108 Å². The van der Waals surface area contributed by atoms with Gasteiger partial charge in [-0.1, -0.05) is 103 Å². The Morgan fingerprint density at radius 3 is 2.13 bits per heavy atom. The number of imide groups is 1. The first-order valence-electron chi connectivity index (χ1n) is 18.8. The van der Waals surface area contributed by atoms with Crippen molar-refractivity contribution in [2.75, 3.05) is 13.1 Å². The Labute approximate surface area is 308 Å². The van der Waals surface area contributed by atoms with Gasteiger partial charge in [0.05, 0.1) is 23.2 Å². The Hall–Kier alpha value is -5.18. The minimum atomic E-state index is -1.35. The smallest absolute Gasteiger partial charge is 0.233 e. The van der Waals surface area contributed by atoms with Gasteiger partial charge in [0, 0.05) is 37.2 Å². The van der Waals surface area contributed by atoms with Crippen LogP contribution in [0.4, 0.5) is 0 Å². The molecule has 268 valence electrons. The summed E-state index contributed by atoms with van der Waals surface area (Å²) in [5.74, 6) is -2.97. The van der Waals surface area contributed by atoms with Gasteiger partial charge in [-0.15, -0.1) is 0 Å². The molecule has 9 rings (SSSR count). The zero-order chi connectivity index (χ0) is 36.3. The molecule has 5 aliphatic rings. The van der Waals surface area contributed by atoms with Crippen LogP contribution in [0.25, 0.3) is 5.57 Å². The summed E-state index contributed by atoms with van der Waals surface area (Å²) in [5, 5.41) is 10.1. The number of hydrogen-bond donors (Lipinski definition) is 1.